The molecule has 0 heteroatoms. The van der Waals surface area contributed by atoms with Gasteiger partial charge in [0.25, 0.3) is 0 Å². The first kappa shape index (κ1) is 7.64. The summed E-state index contributed by atoms with van der Waals surface area (Å²) in [4.78, 5) is 0. The van der Waals surface area contributed by atoms with E-state index < -0.39 is 0 Å². The SMILES string of the molecule is CC[C@@H]1CCC2CC1C2(C)C. The molecule has 3 atom stereocenters. The Labute approximate surface area is 70.4 Å². The second kappa shape index (κ2) is 2.24. The largest absolute Gasteiger partial charge is 0.0651 e. The molecule has 0 spiro atoms. The zero-order valence-corrected chi connectivity index (χ0v) is 8.06. The molecular weight excluding hydrogens is 132 g/mol. The first-order valence-electron chi connectivity index (χ1n) is 5.16. The molecule has 0 aliphatic heterocycles. The molecule has 0 N–H and O–H groups in total. The van der Waals surface area contributed by atoms with Gasteiger partial charge in [-0.25, -0.2) is 0 Å². The van der Waals surface area contributed by atoms with Crippen LogP contribution >= 0.6 is 0 Å². The van der Waals surface area contributed by atoms with Crippen molar-refractivity contribution < 1.29 is 0 Å². The number of hydrogen-bond donors (Lipinski definition) is 0. The minimum absolute atomic E-state index is 0.707. The van der Waals surface area contributed by atoms with Crippen LogP contribution in [-0.2, 0) is 0 Å². The van der Waals surface area contributed by atoms with Crippen molar-refractivity contribution in [3.05, 3.63) is 0 Å². The minimum atomic E-state index is 0.707. The minimum Gasteiger partial charge on any atom is -0.0651 e. The molecule has 0 aromatic rings. The van der Waals surface area contributed by atoms with Crippen LogP contribution in [0, 0.1) is 23.2 Å². The summed E-state index contributed by atoms with van der Waals surface area (Å²) in [5, 5.41) is 0. The van der Waals surface area contributed by atoms with Crippen LogP contribution in [0.25, 0.3) is 0 Å². The summed E-state index contributed by atoms with van der Waals surface area (Å²) in [7, 11) is 0. The first-order chi connectivity index (χ1) is 5.16. The van der Waals surface area contributed by atoms with Crippen LogP contribution in [0.15, 0.2) is 0 Å². The van der Waals surface area contributed by atoms with Crippen molar-refractivity contribution in [2.75, 3.05) is 0 Å². The van der Waals surface area contributed by atoms with Crippen LogP contribution < -0.4 is 0 Å². The van der Waals surface area contributed by atoms with Gasteiger partial charge in [0.1, 0.15) is 0 Å². The second-order valence-corrected chi connectivity index (χ2v) is 5.11. The van der Waals surface area contributed by atoms with Gasteiger partial charge in [-0.2, -0.15) is 0 Å². The van der Waals surface area contributed by atoms with E-state index in [2.05, 4.69) is 20.8 Å². The van der Waals surface area contributed by atoms with Crippen molar-refractivity contribution in [2.45, 2.75) is 46.5 Å². The van der Waals surface area contributed by atoms with E-state index in [1.54, 1.807) is 6.42 Å². The van der Waals surface area contributed by atoms with Crippen molar-refractivity contribution in [1.82, 2.24) is 0 Å². The van der Waals surface area contributed by atoms with Crippen molar-refractivity contribution >= 4 is 0 Å². The third-order valence-corrected chi connectivity index (χ3v) is 4.53. The molecule has 0 nitrogen and oxygen atoms in total. The summed E-state index contributed by atoms with van der Waals surface area (Å²) < 4.78 is 0. The average molecular weight is 152 g/mol. The zero-order chi connectivity index (χ0) is 8.06. The smallest absolute Gasteiger partial charge is 0.0295 e. The van der Waals surface area contributed by atoms with E-state index in [0.29, 0.717) is 5.41 Å². The van der Waals surface area contributed by atoms with Crippen molar-refractivity contribution in [3.63, 3.8) is 0 Å². The summed E-state index contributed by atoms with van der Waals surface area (Å²) in [6, 6.07) is 0. The number of hydrogen-bond acceptors (Lipinski definition) is 0. The first-order valence-corrected chi connectivity index (χ1v) is 5.16. The summed E-state index contributed by atoms with van der Waals surface area (Å²) in [6.45, 7) is 7.32. The third-order valence-electron chi connectivity index (χ3n) is 4.53. The van der Waals surface area contributed by atoms with E-state index in [-0.39, 0.29) is 0 Å². The monoisotopic (exact) mass is 152 g/mol. The fraction of sp³-hybridized carbons (Fsp3) is 1.00. The fourth-order valence-corrected chi connectivity index (χ4v) is 3.45. The standard InChI is InChI=1S/C11H20/c1-4-8-5-6-9-7-10(8)11(9,2)3/h8-10H,4-7H2,1-3H3/t8-,9?,10?/m1/s1. The zero-order valence-electron chi connectivity index (χ0n) is 8.06. The van der Waals surface area contributed by atoms with Crippen molar-refractivity contribution in [1.29, 1.82) is 0 Å². The van der Waals surface area contributed by atoms with E-state index in [9.17, 15) is 0 Å². The Balaban J connectivity index is 2.10. The lowest BCUT2D eigenvalue weighted by molar-refractivity contribution is -0.105. The molecular formula is C11H20. The quantitative estimate of drug-likeness (QED) is 0.539. The summed E-state index contributed by atoms with van der Waals surface area (Å²) in [5.41, 5.74) is 0.707. The van der Waals surface area contributed by atoms with Crippen LogP contribution in [0.4, 0.5) is 0 Å². The molecule has 3 fully saturated rings. The Kier molecular flexibility index (Phi) is 1.56. The molecule has 2 unspecified atom stereocenters. The summed E-state index contributed by atoms with van der Waals surface area (Å²) in [6.07, 6.45) is 6.00. The predicted octanol–water partition coefficient (Wildman–Crippen LogP) is 3.47. The normalized spacial score (nSPS) is 46.6. The maximum Gasteiger partial charge on any atom is -0.0295 e. The third kappa shape index (κ3) is 0.878. The molecule has 2 bridgehead atoms. The number of fused-ring (bicyclic) bond motifs is 2. The Bertz CT molecular complexity index is 155. The van der Waals surface area contributed by atoms with Gasteiger partial charge in [0, 0.05) is 0 Å². The van der Waals surface area contributed by atoms with Crippen LogP contribution in [0.3, 0.4) is 0 Å². The van der Waals surface area contributed by atoms with Gasteiger partial charge in [-0.1, -0.05) is 27.2 Å². The maximum absolute atomic E-state index is 2.48. The van der Waals surface area contributed by atoms with Crippen molar-refractivity contribution in [3.8, 4) is 0 Å². The topological polar surface area (TPSA) is 0 Å². The van der Waals surface area contributed by atoms with E-state index in [1.165, 1.54) is 19.3 Å². The van der Waals surface area contributed by atoms with Crippen LogP contribution in [0.5, 0.6) is 0 Å². The van der Waals surface area contributed by atoms with Crippen LogP contribution in [0.2, 0.25) is 0 Å². The second-order valence-electron chi connectivity index (χ2n) is 5.11. The molecule has 3 aliphatic carbocycles. The highest BCUT2D eigenvalue weighted by Crippen LogP contribution is 2.61. The molecule has 0 heterocycles. The Hall–Kier alpha value is 0. The van der Waals surface area contributed by atoms with E-state index in [1.807, 2.05) is 0 Å². The van der Waals surface area contributed by atoms with Gasteiger partial charge in [0.2, 0.25) is 0 Å². The lowest BCUT2D eigenvalue weighted by Crippen LogP contribution is -2.52. The number of rotatable bonds is 1. The van der Waals surface area contributed by atoms with Gasteiger partial charge in [0.15, 0.2) is 0 Å². The van der Waals surface area contributed by atoms with Gasteiger partial charge < -0.3 is 0 Å². The lowest BCUT2D eigenvalue weighted by atomic mass is 9.45. The lowest BCUT2D eigenvalue weighted by Gasteiger charge is -2.60. The molecule has 11 heavy (non-hydrogen) atoms. The predicted molar refractivity (Wildman–Crippen MR) is 48.4 cm³/mol. The Morgan fingerprint density at radius 1 is 1.27 bits per heavy atom. The van der Waals surface area contributed by atoms with Gasteiger partial charge in [-0.3, -0.25) is 0 Å². The van der Waals surface area contributed by atoms with Gasteiger partial charge >= 0.3 is 0 Å². The molecule has 0 aromatic heterocycles. The summed E-state index contributed by atoms with van der Waals surface area (Å²) in [5.74, 6) is 3.22. The molecule has 3 saturated carbocycles. The van der Waals surface area contributed by atoms with E-state index >= 15 is 0 Å². The van der Waals surface area contributed by atoms with Crippen LogP contribution in [-0.4, -0.2) is 0 Å². The van der Waals surface area contributed by atoms with E-state index in [4.69, 9.17) is 0 Å². The Morgan fingerprint density at radius 2 is 2.00 bits per heavy atom. The molecule has 0 amide bonds. The highest BCUT2D eigenvalue weighted by molar-refractivity contribution is 5.02. The maximum atomic E-state index is 2.48. The van der Waals surface area contributed by atoms with Gasteiger partial charge in [0.05, 0.1) is 0 Å². The average Bonchev–Trinajstić information content (AvgIpc) is 2.04. The molecule has 3 rings (SSSR count). The highest BCUT2D eigenvalue weighted by atomic mass is 14.6. The molecule has 3 aliphatic rings. The highest BCUT2D eigenvalue weighted by Gasteiger charge is 2.53. The molecule has 0 aromatic carbocycles. The fourth-order valence-electron chi connectivity index (χ4n) is 3.45. The summed E-state index contributed by atoms with van der Waals surface area (Å²) >= 11 is 0. The van der Waals surface area contributed by atoms with Crippen molar-refractivity contribution in [2.24, 2.45) is 23.2 Å². The van der Waals surface area contributed by atoms with E-state index in [0.717, 1.165) is 17.8 Å². The molecule has 0 radical (unpaired) electrons. The molecule has 64 valence electrons. The van der Waals surface area contributed by atoms with Gasteiger partial charge in [-0.05, 0) is 42.4 Å². The Morgan fingerprint density at radius 3 is 2.36 bits per heavy atom. The van der Waals surface area contributed by atoms with Crippen LogP contribution in [0.1, 0.15) is 46.5 Å². The molecule has 0 saturated heterocycles. The van der Waals surface area contributed by atoms with Gasteiger partial charge in [-0.15, -0.1) is 0 Å².